The van der Waals surface area contributed by atoms with Crippen LogP contribution in [0.15, 0.2) is 10.4 Å². The summed E-state index contributed by atoms with van der Waals surface area (Å²) in [4.78, 5) is 11.2. The molecule has 0 aliphatic carbocycles. The number of rotatable bonds is 6. The second-order valence-corrected chi connectivity index (χ2v) is 5.99. The summed E-state index contributed by atoms with van der Waals surface area (Å²) in [5.41, 5.74) is 1.11. The molecular formula is C12H22N4S2. The molecular weight excluding hydrogens is 264 g/mol. The van der Waals surface area contributed by atoms with E-state index in [2.05, 4.69) is 45.8 Å². The van der Waals surface area contributed by atoms with Gasteiger partial charge in [-0.2, -0.15) is 11.8 Å². The molecule has 0 radical (unpaired) electrons. The topological polar surface area (TPSA) is 40.5 Å². The number of nitrogens with zero attached hydrogens (tertiary/aromatic N) is 3. The lowest BCUT2D eigenvalue weighted by Gasteiger charge is -2.21. The molecule has 0 saturated carbocycles. The fourth-order valence-corrected chi connectivity index (χ4v) is 2.39. The third-order valence-electron chi connectivity index (χ3n) is 2.32. The van der Waals surface area contributed by atoms with Gasteiger partial charge in [0.2, 0.25) is 0 Å². The summed E-state index contributed by atoms with van der Waals surface area (Å²) in [6, 6.07) is 0. The Labute approximate surface area is 118 Å². The summed E-state index contributed by atoms with van der Waals surface area (Å²) in [6.07, 6.45) is 2.10. The minimum Gasteiger partial charge on any atom is -0.357 e. The zero-order valence-corrected chi connectivity index (χ0v) is 13.2. The second kappa shape index (κ2) is 8.37. The quantitative estimate of drug-likeness (QED) is 0.494. The van der Waals surface area contributed by atoms with Crippen molar-refractivity contribution in [1.82, 2.24) is 15.2 Å². The van der Waals surface area contributed by atoms with E-state index >= 15 is 0 Å². The van der Waals surface area contributed by atoms with Crippen molar-refractivity contribution in [3.8, 4) is 0 Å². The van der Waals surface area contributed by atoms with Crippen LogP contribution < -0.4 is 5.32 Å². The summed E-state index contributed by atoms with van der Waals surface area (Å²) >= 11 is 3.51. The summed E-state index contributed by atoms with van der Waals surface area (Å²) in [7, 11) is 2.05. The van der Waals surface area contributed by atoms with Crippen molar-refractivity contribution in [3.05, 3.63) is 16.1 Å². The Morgan fingerprint density at radius 3 is 2.94 bits per heavy atom. The average molecular weight is 286 g/mol. The minimum atomic E-state index is 0.801. The van der Waals surface area contributed by atoms with Crippen molar-refractivity contribution in [3.63, 3.8) is 0 Å². The van der Waals surface area contributed by atoms with E-state index in [9.17, 15) is 0 Å². The highest BCUT2D eigenvalue weighted by atomic mass is 32.2. The average Bonchev–Trinajstić information content (AvgIpc) is 2.74. The summed E-state index contributed by atoms with van der Waals surface area (Å²) in [5, 5.41) is 6.53. The highest BCUT2D eigenvalue weighted by Gasteiger charge is 2.08. The lowest BCUT2D eigenvalue weighted by atomic mass is 10.4. The summed E-state index contributed by atoms with van der Waals surface area (Å²) in [5.74, 6) is 2.01. The van der Waals surface area contributed by atoms with E-state index in [4.69, 9.17) is 0 Å². The van der Waals surface area contributed by atoms with Crippen LogP contribution >= 0.6 is 23.1 Å². The van der Waals surface area contributed by atoms with Gasteiger partial charge in [0.05, 0.1) is 23.8 Å². The number of guanidine groups is 1. The molecule has 1 N–H and O–H groups in total. The predicted molar refractivity (Wildman–Crippen MR) is 82.7 cm³/mol. The van der Waals surface area contributed by atoms with E-state index in [-0.39, 0.29) is 0 Å². The molecule has 0 spiro atoms. The molecule has 0 atom stereocenters. The number of thioether (sulfide) groups is 1. The molecule has 0 saturated heterocycles. The van der Waals surface area contributed by atoms with Crippen molar-refractivity contribution < 1.29 is 0 Å². The molecule has 1 aromatic rings. The molecule has 1 rings (SSSR count). The van der Waals surface area contributed by atoms with Crippen molar-refractivity contribution >= 4 is 29.1 Å². The van der Waals surface area contributed by atoms with Crippen LogP contribution in [0.1, 0.15) is 17.6 Å². The van der Waals surface area contributed by atoms with Gasteiger partial charge in [0.1, 0.15) is 0 Å². The molecule has 0 amide bonds. The molecule has 0 aromatic carbocycles. The van der Waals surface area contributed by atoms with E-state index in [0.29, 0.717) is 0 Å². The molecule has 6 heteroatoms. The number of nitrogens with one attached hydrogen (secondary N) is 1. The highest BCUT2D eigenvalue weighted by Crippen LogP contribution is 2.09. The van der Waals surface area contributed by atoms with Gasteiger partial charge in [0, 0.05) is 24.7 Å². The third-order valence-corrected chi connectivity index (χ3v) is 3.73. The first-order valence-electron chi connectivity index (χ1n) is 6.06. The molecule has 1 aromatic heterocycles. The van der Waals surface area contributed by atoms with Gasteiger partial charge in [-0.05, 0) is 20.1 Å². The molecule has 0 fully saturated rings. The third kappa shape index (κ3) is 5.27. The van der Waals surface area contributed by atoms with Gasteiger partial charge < -0.3 is 10.2 Å². The monoisotopic (exact) mass is 286 g/mol. The van der Waals surface area contributed by atoms with Gasteiger partial charge in [0.25, 0.3) is 0 Å². The van der Waals surface area contributed by atoms with Gasteiger partial charge in [-0.25, -0.2) is 4.98 Å². The Bertz CT molecular complexity index is 376. The molecule has 102 valence electrons. The van der Waals surface area contributed by atoms with E-state index in [1.807, 2.05) is 18.7 Å². The van der Waals surface area contributed by atoms with Gasteiger partial charge in [-0.15, -0.1) is 11.3 Å². The predicted octanol–water partition coefficient (Wildman–Crippen LogP) is 2.21. The van der Waals surface area contributed by atoms with Crippen molar-refractivity contribution in [2.24, 2.45) is 4.99 Å². The van der Waals surface area contributed by atoms with Crippen LogP contribution in [0, 0.1) is 6.92 Å². The van der Waals surface area contributed by atoms with Crippen LogP contribution in [0.25, 0.3) is 0 Å². The Morgan fingerprint density at radius 1 is 1.61 bits per heavy atom. The first-order valence-corrected chi connectivity index (χ1v) is 8.34. The molecule has 0 aliphatic heterocycles. The molecule has 0 unspecified atom stereocenters. The zero-order valence-electron chi connectivity index (χ0n) is 11.6. The molecule has 0 bridgehead atoms. The van der Waals surface area contributed by atoms with E-state index in [0.717, 1.165) is 42.0 Å². The van der Waals surface area contributed by atoms with Crippen LogP contribution in [0.5, 0.6) is 0 Å². The minimum absolute atomic E-state index is 0.801. The standard InChI is InChI=1S/C12H22N4S2/c1-5-13-12(14-6-7-17-4)16(3)8-11-9-18-10(2)15-11/h9H,5-8H2,1-4H3,(H,13,14). The summed E-state index contributed by atoms with van der Waals surface area (Å²) < 4.78 is 0. The molecule has 1 heterocycles. The molecule has 4 nitrogen and oxygen atoms in total. The lowest BCUT2D eigenvalue weighted by molar-refractivity contribution is 0.471. The van der Waals surface area contributed by atoms with Gasteiger partial charge >= 0.3 is 0 Å². The van der Waals surface area contributed by atoms with Crippen LogP contribution in [0.2, 0.25) is 0 Å². The Morgan fingerprint density at radius 2 is 2.39 bits per heavy atom. The smallest absolute Gasteiger partial charge is 0.194 e. The van der Waals surface area contributed by atoms with Crippen molar-refractivity contribution in [2.75, 3.05) is 32.1 Å². The Kier molecular flexibility index (Phi) is 7.12. The summed E-state index contributed by atoms with van der Waals surface area (Å²) in [6.45, 7) is 6.66. The first-order chi connectivity index (χ1) is 8.67. The van der Waals surface area contributed by atoms with Gasteiger partial charge in [0.15, 0.2) is 5.96 Å². The zero-order chi connectivity index (χ0) is 13.4. The number of aliphatic imine (C=N–C) groups is 1. The normalized spacial score (nSPS) is 11.7. The van der Waals surface area contributed by atoms with E-state index < -0.39 is 0 Å². The van der Waals surface area contributed by atoms with E-state index in [1.165, 1.54) is 0 Å². The van der Waals surface area contributed by atoms with Gasteiger partial charge in [-0.1, -0.05) is 0 Å². The fourth-order valence-electron chi connectivity index (χ4n) is 1.51. The van der Waals surface area contributed by atoms with Crippen LogP contribution in [-0.2, 0) is 6.54 Å². The second-order valence-electron chi connectivity index (χ2n) is 3.94. The number of hydrogen-bond acceptors (Lipinski definition) is 4. The molecule has 0 aliphatic rings. The number of hydrogen-bond donors (Lipinski definition) is 1. The van der Waals surface area contributed by atoms with Crippen molar-refractivity contribution in [1.29, 1.82) is 0 Å². The maximum Gasteiger partial charge on any atom is 0.194 e. The first kappa shape index (κ1) is 15.3. The SMILES string of the molecule is CCNC(=NCCSC)N(C)Cc1csc(C)n1. The van der Waals surface area contributed by atoms with Gasteiger partial charge in [-0.3, -0.25) is 4.99 Å². The van der Waals surface area contributed by atoms with Crippen LogP contribution in [0.4, 0.5) is 0 Å². The Hall–Kier alpha value is -0.750. The lowest BCUT2D eigenvalue weighted by Crippen LogP contribution is -2.38. The fraction of sp³-hybridized carbons (Fsp3) is 0.667. The number of aryl methyl sites for hydroxylation is 1. The van der Waals surface area contributed by atoms with Crippen LogP contribution in [-0.4, -0.2) is 48.0 Å². The van der Waals surface area contributed by atoms with Crippen LogP contribution in [0.3, 0.4) is 0 Å². The largest absolute Gasteiger partial charge is 0.357 e. The number of thiazole rings is 1. The maximum atomic E-state index is 4.59. The highest BCUT2D eigenvalue weighted by molar-refractivity contribution is 7.98. The van der Waals surface area contributed by atoms with Crippen molar-refractivity contribution in [2.45, 2.75) is 20.4 Å². The van der Waals surface area contributed by atoms with E-state index in [1.54, 1.807) is 11.3 Å². The molecule has 18 heavy (non-hydrogen) atoms. The number of aromatic nitrogens is 1. The maximum absolute atomic E-state index is 4.59. The Balaban J connectivity index is 2.58.